The summed E-state index contributed by atoms with van der Waals surface area (Å²) in [5, 5.41) is 13.4. The van der Waals surface area contributed by atoms with E-state index < -0.39 is 10.8 Å². The number of hydrogen-bond donors (Lipinski definition) is 1. The molecular formula is C13H11ClN2O3S. The lowest BCUT2D eigenvalue weighted by molar-refractivity contribution is -0.384. The number of nitro groups is 1. The Morgan fingerprint density at radius 3 is 2.55 bits per heavy atom. The summed E-state index contributed by atoms with van der Waals surface area (Å²) in [4.78, 5) is 22.3. The zero-order valence-corrected chi connectivity index (χ0v) is 12.1. The number of benzene rings is 1. The van der Waals surface area contributed by atoms with Gasteiger partial charge in [0.15, 0.2) is 4.34 Å². The molecule has 0 atom stereocenters. The van der Waals surface area contributed by atoms with Crippen LogP contribution in [-0.4, -0.2) is 10.8 Å². The van der Waals surface area contributed by atoms with E-state index in [1.165, 1.54) is 6.07 Å². The van der Waals surface area contributed by atoms with Crippen molar-refractivity contribution in [2.24, 2.45) is 0 Å². The Hall–Kier alpha value is -1.92. The summed E-state index contributed by atoms with van der Waals surface area (Å²) >= 11 is 6.61. The van der Waals surface area contributed by atoms with Gasteiger partial charge in [0.2, 0.25) is 0 Å². The highest BCUT2D eigenvalue weighted by Gasteiger charge is 2.21. The van der Waals surface area contributed by atoms with E-state index >= 15 is 0 Å². The van der Waals surface area contributed by atoms with Crippen LogP contribution in [0, 0.1) is 10.1 Å². The smallest absolute Gasteiger partial charge is 0.299 e. The summed E-state index contributed by atoms with van der Waals surface area (Å²) in [6.45, 7) is 2.04. The monoisotopic (exact) mass is 310 g/mol. The molecule has 0 aliphatic heterocycles. The van der Waals surface area contributed by atoms with Crippen LogP contribution in [0.4, 0.5) is 11.4 Å². The predicted octanol–water partition coefficient (Wildman–Crippen LogP) is 4.12. The Morgan fingerprint density at radius 1 is 1.40 bits per heavy atom. The molecule has 7 heteroatoms. The van der Waals surface area contributed by atoms with E-state index in [2.05, 4.69) is 5.32 Å². The lowest BCUT2D eigenvalue weighted by Crippen LogP contribution is -2.10. The Bertz CT molecular complexity index is 652. The van der Waals surface area contributed by atoms with Gasteiger partial charge in [-0.05, 0) is 24.1 Å². The van der Waals surface area contributed by atoms with E-state index in [0.29, 0.717) is 5.69 Å². The third kappa shape index (κ3) is 3.15. The first-order valence-corrected chi connectivity index (χ1v) is 7.04. The van der Waals surface area contributed by atoms with E-state index in [4.69, 9.17) is 11.6 Å². The van der Waals surface area contributed by atoms with Crippen LogP contribution < -0.4 is 5.32 Å². The van der Waals surface area contributed by atoms with Gasteiger partial charge < -0.3 is 5.32 Å². The number of carbonyl (C=O) groups excluding carboxylic acids is 1. The fourth-order valence-electron chi connectivity index (χ4n) is 1.61. The van der Waals surface area contributed by atoms with Crippen LogP contribution in [0.2, 0.25) is 4.34 Å². The van der Waals surface area contributed by atoms with Crippen LogP contribution in [0.3, 0.4) is 0 Å². The van der Waals surface area contributed by atoms with E-state index in [9.17, 15) is 14.9 Å². The predicted molar refractivity (Wildman–Crippen MR) is 79.8 cm³/mol. The number of nitrogens with one attached hydrogen (secondary N) is 1. The van der Waals surface area contributed by atoms with Gasteiger partial charge in [0.05, 0.1) is 4.92 Å². The van der Waals surface area contributed by atoms with Crippen molar-refractivity contribution in [3.8, 4) is 0 Å². The van der Waals surface area contributed by atoms with Crippen LogP contribution in [0.1, 0.15) is 22.2 Å². The molecular weight excluding hydrogens is 300 g/mol. The number of nitrogens with zero attached hydrogens (tertiary/aromatic N) is 1. The van der Waals surface area contributed by atoms with Gasteiger partial charge in [0, 0.05) is 11.8 Å². The molecule has 1 aromatic heterocycles. The first-order chi connectivity index (χ1) is 9.51. The van der Waals surface area contributed by atoms with Gasteiger partial charge in [-0.2, -0.15) is 0 Å². The van der Waals surface area contributed by atoms with Crippen LogP contribution in [0.5, 0.6) is 0 Å². The highest BCUT2D eigenvalue weighted by Crippen LogP contribution is 2.34. The van der Waals surface area contributed by atoms with Crippen molar-refractivity contribution >= 4 is 40.2 Å². The highest BCUT2D eigenvalue weighted by molar-refractivity contribution is 7.18. The standard InChI is InChI=1S/C13H11ClN2O3S/c1-2-8-3-5-9(6-4-8)15-13(17)11-7-10(16(18)19)12(14)20-11/h3-7H,2H2,1H3,(H,15,17). The number of halogens is 1. The minimum absolute atomic E-state index is 0.00137. The third-order valence-electron chi connectivity index (χ3n) is 2.71. The maximum absolute atomic E-state index is 12.0. The highest BCUT2D eigenvalue weighted by atomic mass is 35.5. The van der Waals surface area contributed by atoms with E-state index in [-0.39, 0.29) is 14.9 Å². The molecule has 0 aliphatic carbocycles. The lowest BCUT2D eigenvalue weighted by Gasteiger charge is -2.04. The molecule has 5 nitrogen and oxygen atoms in total. The normalized spacial score (nSPS) is 10.3. The SMILES string of the molecule is CCc1ccc(NC(=O)c2cc([N+](=O)[O-])c(Cl)s2)cc1. The van der Waals surface area contributed by atoms with Gasteiger partial charge in [-0.1, -0.05) is 30.7 Å². The summed E-state index contributed by atoms with van der Waals surface area (Å²) in [5.41, 5.74) is 1.56. The third-order valence-corrected chi connectivity index (χ3v) is 4.05. The molecule has 0 spiro atoms. The molecule has 20 heavy (non-hydrogen) atoms. The molecule has 1 amide bonds. The van der Waals surface area contributed by atoms with Crippen molar-refractivity contribution in [2.75, 3.05) is 5.32 Å². The maximum Gasteiger partial charge on any atom is 0.299 e. The van der Waals surface area contributed by atoms with Crippen LogP contribution in [-0.2, 0) is 6.42 Å². The van der Waals surface area contributed by atoms with Gasteiger partial charge in [0.25, 0.3) is 11.6 Å². The number of anilines is 1. The molecule has 0 saturated heterocycles. The first kappa shape index (κ1) is 14.5. The van der Waals surface area contributed by atoms with Crippen LogP contribution in [0.25, 0.3) is 0 Å². The van der Waals surface area contributed by atoms with Crippen molar-refractivity contribution in [3.63, 3.8) is 0 Å². The molecule has 104 valence electrons. The lowest BCUT2D eigenvalue weighted by atomic mass is 10.1. The molecule has 0 radical (unpaired) electrons. The number of amides is 1. The minimum Gasteiger partial charge on any atom is -0.321 e. The van der Waals surface area contributed by atoms with Gasteiger partial charge in [-0.25, -0.2) is 0 Å². The number of rotatable bonds is 4. The van der Waals surface area contributed by atoms with Crippen molar-refractivity contribution in [2.45, 2.75) is 13.3 Å². The second-order valence-corrected chi connectivity index (χ2v) is 5.69. The number of hydrogen-bond acceptors (Lipinski definition) is 4. The quantitative estimate of drug-likeness (QED) is 0.682. The molecule has 0 fully saturated rings. The molecule has 0 bridgehead atoms. The average Bonchev–Trinajstić information content (AvgIpc) is 2.82. The second kappa shape index (κ2) is 6.02. The van der Waals surface area contributed by atoms with Crippen molar-refractivity contribution in [1.82, 2.24) is 0 Å². The van der Waals surface area contributed by atoms with Crippen molar-refractivity contribution in [3.05, 3.63) is 55.2 Å². The van der Waals surface area contributed by atoms with E-state index in [0.717, 1.165) is 23.3 Å². The summed E-state index contributed by atoms with van der Waals surface area (Å²) < 4.78 is 0.00137. The number of aryl methyl sites for hydroxylation is 1. The van der Waals surface area contributed by atoms with Crippen molar-refractivity contribution in [1.29, 1.82) is 0 Å². The van der Waals surface area contributed by atoms with E-state index in [1.807, 2.05) is 19.1 Å². The molecule has 0 unspecified atom stereocenters. The molecule has 0 saturated carbocycles. The molecule has 1 N–H and O–H groups in total. The first-order valence-electron chi connectivity index (χ1n) is 5.85. The minimum atomic E-state index is -0.606. The largest absolute Gasteiger partial charge is 0.321 e. The average molecular weight is 311 g/mol. The molecule has 1 aromatic carbocycles. The molecule has 0 aliphatic rings. The van der Waals surface area contributed by atoms with Gasteiger partial charge in [-0.3, -0.25) is 14.9 Å². The van der Waals surface area contributed by atoms with Gasteiger partial charge in [0.1, 0.15) is 4.88 Å². The fraction of sp³-hybridized carbons (Fsp3) is 0.154. The van der Waals surface area contributed by atoms with Gasteiger partial charge >= 0.3 is 0 Å². The summed E-state index contributed by atoms with van der Waals surface area (Å²) in [6, 6.07) is 8.60. The Morgan fingerprint density at radius 2 is 2.05 bits per heavy atom. The van der Waals surface area contributed by atoms with E-state index in [1.54, 1.807) is 12.1 Å². The Labute approximate surface area is 124 Å². The summed E-state index contributed by atoms with van der Waals surface area (Å²) in [7, 11) is 0. The van der Waals surface area contributed by atoms with Crippen LogP contribution in [0.15, 0.2) is 30.3 Å². The summed E-state index contributed by atoms with van der Waals surface area (Å²) in [5.74, 6) is -0.408. The fourth-order valence-corrected chi connectivity index (χ4v) is 2.73. The Kier molecular flexibility index (Phi) is 4.36. The second-order valence-electron chi connectivity index (χ2n) is 4.03. The topological polar surface area (TPSA) is 72.2 Å². The Balaban J connectivity index is 2.15. The number of thiophene rings is 1. The van der Waals surface area contributed by atoms with Crippen molar-refractivity contribution < 1.29 is 9.72 Å². The maximum atomic E-state index is 12.0. The number of carbonyl (C=O) groups is 1. The molecule has 2 rings (SSSR count). The molecule has 1 heterocycles. The summed E-state index contributed by atoms with van der Waals surface area (Å²) in [6.07, 6.45) is 0.918. The van der Waals surface area contributed by atoms with Gasteiger partial charge in [-0.15, -0.1) is 11.3 Å². The van der Waals surface area contributed by atoms with Crippen LogP contribution >= 0.6 is 22.9 Å². The zero-order valence-electron chi connectivity index (χ0n) is 10.6. The molecule has 2 aromatic rings. The zero-order chi connectivity index (χ0) is 14.7.